The number of aromatic nitrogens is 4. The second-order valence-electron chi connectivity index (χ2n) is 5.07. The molecule has 0 spiro atoms. The van der Waals surface area contributed by atoms with Gasteiger partial charge in [-0.1, -0.05) is 25.7 Å². The minimum absolute atomic E-state index is 0.564. The first-order valence-corrected chi connectivity index (χ1v) is 6.78. The molecule has 1 N–H and O–H groups in total. The molecular formula is C13H19N5. The van der Waals surface area contributed by atoms with Gasteiger partial charge in [0.1, 0.15) is 5.82 Å². The van der Waals surface area contributed by atoms with Gasteiger partial charge in [-0.3, -0.25) is 0 Å². The van der Waals surface area contributed by atoms with E-state index < -0.39 is 0 Å². The van der Waals surface area contributed by atoms with Crippen molar-refractivity contribution in [3.63, 3.8) is 0 Å². The van der Waals surface area contributed by atoms with Crippen molar-refractivity contribution < 1.29 is 0 Å². The van der Waals surface area contributed by atoms with Crippen molar-refractivity contribution in [3.8, 4) is 0 Å². The number of aryl methyl sites for hydroxylation is 1. The van der Waals surface area contributed by atoms with Gasteiger partial charge in [-0.15, -0.1) is 15.3 Å². The Kier molecular flexibility index (Phi) is 3.13. The third kappa shape index (κ3) is 2.30. The quantitative estimate of drug-likeness (QED) is 0.826. The largest absolute Gasteiger partial charge is 0.366 e. The fourth-order valence-corrected chi connectivity index (χ4v) is 2.61. The van der Waals surface area contributed by atoms with Gasteiger partial charge in [-0.2, -0.15) is 4.52 Å². The highest BCUT2D eigenvalue weighted by Crippen LogP contribution is 2.20. The zero-order valence-corrected chi connectivity index (χ0v) is 10.8. The molecule has 5 nitrogen and oxygen atoms in total. The van der Waals surface area contributed by atoms with Gasteiger partial charge in [-0.25, -0.2) is 0 Å². The standard InChI is InChI=1S/C13H19N5/c1-10-15-16-13-9-8-12(17-18(10)13)14-11-6-4-2-3-5-7-11/h8-9,11H,2-7H2,1H3,(H,14,17). The van der Waals surface area contributed by atoms with E-state index >= 15 is 0 Å². The van der Waals surface area contributed by atoms with Gasteiger partial charge in [-0.05, 0) is 31.9 Å². The number of hydrogen-bond acceptors (Lipinski definition) is 4. The number of anilines is 1. The Labute approximate surface area is 107 Å². The Balaban J connectivity index is 1.78. The van der Waals surface area contributed by atoms with Gasteiger partial charge in [0.25, 0.3) is 0 Å². The monoisotopic (exact) mass is 245 g/mol. The zero-order chi connectivity index (χ0) is 12.4. The molecular weight excluding hydrogens is 226 g/mol. The van der Waals surface area contributed by atoms with Gasteiger partial charge in [0, 0.05) is 6.04 Å². The van der Waals surface area contributed by atoms with E-state index in [0.717, 1.165) is 17.3 Å². The first-order valence-electron chi connectivity index (χ1n) is 6.78. The molecule has 18 heavy (non-hydrogen) atoms. The molecule has 0 saturated heterocycles. The summed E-state index contributed by atoms with van der Waals surface area (Å²) in [6.45, 7) is 1.92. The van der Waals surface area contributed by atoms with Crippen LogP contribution in [0.4, 0.5) is 5.82 Å². The molecule has 1 saturated carbocycles. The summed E-state index contributed by atoms with van der Waals surface area (Å²) in [5, 5.41) is 16.1. The predicted molar refractivity (Wildman–Crippen MR) is 70.6 cm³/mol. The fraction of sp³-hybridized carbons (Fsp3) is 0.615. The molecule has 0 radical (unpaired) electrons. The topological polar surface area (TPSA) is 55.1 Å². The summed E-state index contributed by atoms with van der Waals surface area (Å²) in [5.41, 5.74) is 0.805. The van der Waals surface area contributed by atoms with Crippen LogP contribution >= 0.6 is 0 Å². The smallest absolute Gasteiger partial charge is 0.178 e. The van der Waals surface area contributed by atoms with E-state index in [1.165, 1.54) is 38.5 Å². The van der Waals surface area contributed by atoms with E-state index in [1.54, 1.807) is 4.52 Å². The number of rotatable bonds is 2. The summed E-state index contributed by atoms with van der Waals surface area (Å²) < 4.78 is 1.79. The molecule has 5 heteroatoms. The maximum Gasteiger partial charge on any atom is 0.178 e. The van der Waals surface area contributed by atoms with Crippen LogP contribution in [-0.2, 0) is 0 Å². The lowest BCUT2D eigenvalue weighted by atomic mass is 10.1. The zero-order valence-electron chi connectivity index (χ0n) is 10.8. The average Bonchev–Trinajstić information content (AvgIpc) is 2.61. The van der Waals surface area contributed by atoms with Gasteiger partial charge in [0.15, 0.2) is 11.5 Å². The van der Waals surface area contributed by atoms with Crippen molar-refractivity contribution in [2.45, 2.75) is 51.5 Å². The molecule has 96 valence electrons. The molecule has 2 aromatic heterocycles. The van der Waals surface area contributed by atoms with Gasteiger partial charge < -0.3 is 5.32 Å². The summed E-state index contributed by atoms with van der Waals surface area (Å²) >= 11 is 0. The summed E-state index contributed by atoms with van der Waals surface area (Å²) in [4.78, 5) is 0. The Morgan fingerprint density at radius 1 is 1.11 bits per heavy atom. The highest BCUT2D eigenvalue weighted by Gasteiger charge is 2.13. The third-order valence-electron chi connectivity index (χ3n) is 3.63. The summed E-state index contributed by atoms with van der Waals surface area (Å²) in [6, 6.07) is 4.52. The van der Waals surface area contributed by atoms with E-state index in [-0.39, 0.29) is 0 Å². The lowest BCUT2D eigenvalue weighted by Gasteiger charge is -2.16. The predicted octanol–water partition coefficient (Wildman–Crippen LogP) is 2.57. The molecule has 0 amide bonds. The van der Waals surface area contributed by atoms with E-state index in [2.05, 4.69) is 20.6 Å². The van der Waals surface area contributed by atoms with Crippen LogP contribution in [0.3, 0.4) is 0 Å². The van der Waals surface area contributed by atoms with Crippen LogP contribution in [0.25, 0.3) is 5.65 Å². The highest BCUT2D eigenvalue weighted by molar-refractivity contribution is 5.44. The normalized spacial score (nSPS) is 17.8. The van der Waals surface area contributed by atoms with Crippen molar-refractivity contribution in [2.75, 3.05) is 5.32 Å². The van der Waals surface area contributed by atoms with Crippen LogP contribution in [0.2, 0.25) is 0 Å². The first kappa shape index (κ1) is 11.4. The molecule has 0 atom stereocenters. The Hall–Kier alpha value is -1.65. The van der Waals surface area contributed by atoms with Crippen molar-refractivity contribution >= 4 is 11.5 Å². The molecule has 2 heterocycles. The number of fused-ring (bicyclic) bond motifs is 1. The molecule has 0 aliphatic heterocycles. The Morgan fingerprint density at radius 2 is 1.89 bits per heavy atom. The average molecular weight is 245 g/mol. The molecule has 3 rings (SSSR count). The lowest BCUT2D eigenvalue weighted by molar-refractivity contribution is 0.615. The number of nitrogens with zero attached hydrogens (tertiary/aromatic N) is 4. The maximum absolute atomic E-state index is 4.54. The number of nitrogens with one attached hydrogen (secondary N) is 1. The third-order valence-corrected chi connectivity index (χ3v) is 3.63. The van der Waals surface area contributed by atoms with Crippen LogP contribution in [0.1, 0.15) is 44.3 Å². The molecule has 0 bridgehead atoms. The van der Waals surface area contributed by atoms with Crippen LogP contribution < -0.4 is 5.32 Å². The van der Waals surface area contributed by atoms with Crippen molar-refractivity contribution in [2.24, 2.45) is 0 Å². The summed E-state index contributed by atoms with van der Waals surface area (Å²) in [5.74, 6) is 1.76. The van der Waals surface area contributed by atoms with Crippen molar-refractivity contribution in [1.29, 1.82) is 0 Å². The highest BCUT2D eigenvalue weighted by atomic mass is 15.4. The van der Waals surface area contributed by atoms with Gasteiger partial charge >= 0.3 is 0 Å². The Morgan fingerprint density at radius 3 is 2.67 bits per heavy atom. The Bertz CT molecular complexity index is 525. The second-order valence-corrected chi connectivity index (χ2v) is 5.07. The van der Waals surface area contributed by atoms with Crippen LogP contribution in [0.15, 0.2) is 12.1 Å². The SMILES string of the molecule is Cc1nnc2ccc(NC3CCCCCC3)nn12. The molecule has 0 unspecified atom stereocenters. The van der Waals surface area contributed by atoms with Crippen LogP contribution in [0, 0.1) is 6.92 Å². The van der Waals surface area contributed by atoms with Crippen LogP contribution in [0.5, 0.6) is 0 Å². The van der Waals surface area contributed by atoms with Crippen molar-refractivity contribution in [3.05, 3.63) is 18.0 Å². The molecule has 1 aliphatic carbocycles. The van der Waals surface area contributed by atoms with Gasteiger partial charge in [0.05, 0.1) is 0 Å². The van der Waals surface area contributed by atoms with E-state index in [4.69, 9.17) is 0 Å². The van der Waals surface area contributed by atoms with E-state index in [9.17, 15) is 0 Å². The molecule has 1 fully saturated rings. The number of hydrogen-bond donors (Lipinski definition) is 1. The summed E-state index contributed by atoms with van der Waals surface area (Å²) in [6.07, 6.45) is 7.89. The second kappa shape index (κ2) is 4.92. The minimum Gasteiger partial charge on any atom is -0.366 e. The maximum atomic E-state index is 4.54. The molecule has 2 aromatic rings. The fourth-order valence-electron chi connectivity index (χ4n) is 2.61. The van der Waals surface area contributed by atoms with Gasteiger partial charge in [0.2, 0.25) is 0 Å². The lowest BCUT2D eigenvalue weighted by Crippen LogP contribution is -2.19. The first-order chi connectivity index (χ1) is 8.83. The molecule has 1 aliphatic rings. The van der Waals surface area contributed by atoms with Crippen LogP contribution in [-0.4, -0.2) is 25.9 Å². The minimum atomic E-state index is 0.564. The van der Waals surface area contributed by atoms with E-state index in [1.807, 2.05) is 19.1 Å². The van der Waals surface area contributed by atoms with Crippen molar-refractivity contribution in [1.82, 2.24) is 19.8 Å². The molecule has 0 aromatic carbocycles. The summed E-state index contributed by atoms with van der Waals surface area (Å²) in [7, 11) is 0. The van der Waals surface area contributed by atoms with E-state index in [0.29, 0.717) is 6.04 Å².